The first kappa shape index (κ1) is 9.46. The number of nitrogens with one attached hydrogen (secondary N) is 1. The second-order valence-corrected chi connectivity index (χ2v) is 3.75. The van der Waals surface area contributed by atoms with Gasteiger partial charge in [0, 0.05) is 12.1 Å². The molecule has 0 aliphatic carbocycles. The maximum absolute atomic E-state index is 13.0. The quantitative estimate of drug-likeness (QED) is 0.721. The molecule has 1 fully saturated rings. The largest absolute Gasteiger partial charge is 0.508 e. The highest BCUT2D eigenvalue weighted by Crippen LogP contribution is 2.26. The van der Waals surface area contributed by atoms with Crippen LogP contribution in [0.2, 0.25) is 0 Å². The zero-order valence-electron chi connectivity index (χ0n) is 7.96. The summed E-state index contributed by atoms with van der Waals surface area (Å²) in [6.07, 6.45) is 3.36. The Morgan fingerprint density at radius 2 is 2.14 bits per heavy atom. The van der Waals surface area contributed by atoms with Crippen molar-refractivity contribution >= 4 is 0 Å². The molecule has 1 heterocycles. The van der Waals surface area contributed by atoms with Gasteiger partial charge in [0.2, 0.25) is 0 Å². The van der Waals surface area contributed by atoms with Crippen LogP contribution < -0.4 is 5.32 Å². The van der Waals surface area contributed by atoms with Gasteiger partial charge in [0.1, 0.15) is 11.6 Å². The average molecular weight is 195 g/mol. The standard InChI is InChI=1S/C11H14FNO/c12-9-5-8(6-10(14)7-9)11-3-1-2-4-13-11/h5-7,11,13-14H,1-4H2/t11-/m0/s1. The highest BCUT2D eigenvalue weighted by Gasteiger charge is 2.15. The number of halogens is 1. The fourth-order valence-corrected chi connectivity index (χ4v) is 1.93. The van der Waals surface area contributed by atoms with Gasteiger partial charge in [-0.05, 0) is 37.1 Å². The first-order chi connectivity index (χ1) is 6.75. The van der Waals surface area contributed by atoms with Crippen LogP contribution in [0.5, 0.6) is 5.75 Å². The van der Waals surface area contributed by atoms with E-state index in [0.717, 1.165) is 31.0 Å². The van der Waals surface area contributed by atoms with Gasteiger partial charge in [-0.3, -0.25) is 0 Å². The Hall–Kier alpha value is -1.09. The first-order valence-corrected chi connectivity index (χ1v) is 4.98. The summed E-state index contributed by atoms with van der Waals surface area (Å²) in [6.45, 7) is 0.974. The van der Waals surface area contributed by atoms with Gasteiger partial charge in [0.25, 0.3) is 0 Å². The molecule has 1 aromatic carbocycles. The van der Waals surface area contributed by atoms with E-state index in [4.69, 9.17) is 0 Å². The van der Waals surface area contributed by atoms with E-state index >= 15 is 0 Å². The molecule has 1 aliphatic heterocycles. The van der Waals surface area contributed by atoms with E-state index in [1.54, 1.807) is 6.07 Å². The molecule has 0 bridgehead atoms. The molecule has 2 nitrogen and oxygen atoms in total. The van der Waals surface area contributed by atoms with Gasteiger partial charge in [0.05, 0.1) is 0 Å². The average Bonchev–Trinajstić information content (AvgIpc) is 2.18. The Bertz CT molecular complexity index is 301. The Morgan fingerprint density at radius 3 is 2.79 bits per heavy atom. The molecular weight excluding hydrogens is 181 g/mol. The van der Waals surface area contributed by atoms with E-state index in [-0.39, 0.29) is 17.6 Å². The third-order valence-electron chi connectivity index (χ3n) is 2.62. The number of benzene rings is 1. The Kier molecular flexibility index (Phi) is 2.68. The van der Waals surface area contributed by atoms with E-state index in [0.29, 0.717) is 0 Å². The molecule has 1 atom stereocenters. The van der Waals surface area contributed by atoms with E-state index < -0.39 is 0 Å². The van der Waals surface area contributed by atoms with Crippen molar-refractivity contribution in [2.45, 2.75) is 25.3 Å². The lowest BCUT2D eigenvalue weighted by atomic mass is 9.97. The predicted molar refractivity (Wildman–Crippen MR) is 52.7 cm³/mol. The summed E-state index contributed by atoms with van der Waals surface area (Å²) < 4.78 is 13.0. The topological polar surface area (TPSA) is 32.3 Å². The third kappa shape index (κ3) is 2.04. The van der Waals surface area contributed by atoms with Crippen LogP contribution in [0, 0.1) is 5.82 Å². The highest BCUT2D eigenvalue weighted by molar-refractivity contribution is 5.30. The zero-order chi connectivity index (χ0) is 9.97. The van der Waals surface area contributed by atoms with E-state index in [9.17, 15) is 9.50 Å². The number of piperidine rings is 1. The van der Waals surface area contributed by atoms with Crippen molar-refractivity contribution in [3.8, 4) is 5.75 Å². The van der Waals surface area contributed by atoms with Crippen molar-refractivity contribution in [1.29, 1.82) is 0 Å². The number of hydrogen-bond donors (Lipinski definition) is 2. The van der Waals surface area contributed by atoms with Gasteiger partial charge in [-0.15, -0.1) is 0 Å². The van der Waals surface area contributed by atoms with E-state index in [1.807, 2.05) is 0 Å². The Morgan fingerprint density at radius 1 is 1.29 bits per heavy atom. The van der Waals surface area contributed by atoms with Crippen molar-refractivity contribution in [2.75, 3.05) is 6.54 Å². The van der Waals surface area contributed by atoms with Crippen LogP contribution in [0.1, 0.15) is 30.9 Å². The summed E-state index contributed by atoms with van der Waals surface area (Å²) >= 11 is 0. The monoisotopic (exact) mass is 195 g/mol. The summed E-state index contributed by atoms with van der Waals surface area (Å²) in [7, 11) is 0. The van der Waals surface area contributed by atoms with Crippen LogP contribution in [0.4, 0.5) is 4.39 Å². The molecule has 0 unspecified atom stereocenters. The Balaban J connectivity index is 2.21. The van der Waals surface area contributed by atoms with E-state index in [1.165, 1.54) is 12.5 Å². The minimum atomic E-state index is -0.368. The molecule has 1 saturated heterocycles. The number of phenolic OH excluding ortho intramolecular Hbond substituents is 1. The molecule has 76 valence electrons. The van der Waals surface area contributed by atoms with Crippen LogP contribution in [-0.4, -0.2) is 11.7 Å². The molecule has 0 aromatic heterocycles. The lowest BCUT2D eigenvalue weighted by Crippen LogP contribution is -2.26. The maximum Gasteiger partial charge on any atom is 0.127 e. The molecular formula is C11H14FNO. The summed E-state index contributed by atoms with van der Waals surface area (Å²) in [4.78, 5) is 0. The number of rotatable bonds is 1. The molecule has 0 radical (unpaired) electrons. The normalized spacial score (nSPS) is 22.2. The molecule has 2 N–H and O–H groups in total. The lowest BCUT2D eigenvalue weighted by molar-refractivity contribution is 0.407. The SMILES string of the molecule is Oc1cc(F)cc([C@@H]2CCCCN2)c1. The van der Waals surface area contributed by atoms with Gasteiger partial charge < -0.3 is 10.4 Å². The molecule has 14 heavy (non-hydrogen) atoms. The molecule has 1 aliphatic rings. The van der Waals surface area contributed by atoms with Gasteiger partial charge in [-0.1, -0.05) is 6.42 Å². The molecule has 0 spiro atoms. The van der Waals surface area contributed by atoms with Gasteiger partial charge in [0.15, 0.2) is 0 Å². The fraction of sp³-hybridized carbons (Fsp3) is 0.455. The van der Waals surface area contributed by atoms with Gasteiger partial charge in [-0.2, -0.15) is 0 Å². The molecule has 0 saturated carbocycles. The lowest BCUT2D eigenvalue weighted by Gasteiger charge is -2.23. The second-order valence-electron chi connectivity index (χ2n) is 3.75. The van der Waals surface area contributed by atoms with Crippen molar-refractivity contribution < 1.29 is 9.50 Å². The molecule has 2 rings (SSSR count). The zero-order valence-corrected chi connectivity index (χ0v) is 7.96. The van der Waals surface area contributed by atoms with E-state index in [2.05, 4.69) is 5.32 Å². The number of aromatic hydroxyl groups is 1. The van der Waals surface area contributed by atoms with Crippen LogP contribution >= 0.6 is 0 Å². The summed E-state index contributed by atoms with van der Waals surface area (Å²) in [5, 5.41) is 12.6. The fourth-order valence-electron chi connectivity index (χ4n) is 1.93. The predicted octanol–water partition coefficient (Wildman–Crippen LogP) is 2.35. The summed E-state index contributed by atoms with van der Waals surface area (Å²) in [5.74, 6) is -0.361. The highest BCUT2D eigenvalue weighted by atomic mass is 19.1. The van der Waals surface area contributed by atoms with Crippen molar-refractivity contribution in [1.82, 2.24) is 5.32 Å². The van der Waals surface area contributed by atoms with Crippen LogP contribution in [0.3, 0.4) is 0 Å². The number of hydrogen-bond acceptors (Lipinski definition) is 2. The smallest absolute Gasteiger partial charge is 0.127 e. The molecule has 0 amide bonds. The molecule has 3 heteroatoms. The number of phenols is 1. The summed E-state index contributed by atoms with van der Waals surface area (Å²) in [5.41, 5.74) is 0.849. The second kappa shape index (κ2) is 3.96. The van der Waals surface area contributed by atoms with Crippen LogP contribution in [-0.2, 0) is 0 Å². The minimum absolute atomic E-state index is 0.00683. The van der Waals surface area contributed by atoms with Crippen molar-refractivity contribution in [3.63, 3.8) is 0 Å². The summed E-state index contributed by atoms with van der Waals surface area (Å²) in [6, 6.07) is 4.45. The first-order valence-electron chi connectivity index (χ1n) is 4.98. The molecule has 1 aromatic rings. The Labute approximate surface area is 82.8 Å². The maximum atomic E-state index is 13.0. The van der Waals surface area contributed by atoms with Crippen LogP contribution in [0.15, 0.2) is 18.2 Å². The van der Waals surface area contributed by atoms with Gasteiger partial charge >= 0.3 is 0 Å². The van der Waals surface area contributed by atoms with Gasteiger partial charge in [-0.25, -0.2) is 4.39 Å². The minimum Gasteiger partial charge on any atom is -0.508 e. The van der Waals surface area contributed by atoms with Crippen LogP contribution in [0.25, 0.3) is 0 Å². The van der Waals surface area contributed by atoms with Crippen molar-refractivity contribution in [3.05, 3.63) is 29.6 Å². The van der Waals surface area contributed by atoms with Crippen molar-refractivity contribution in [2.24, 2.45) is 0 Å². The third-order valence-corrected chi connectivity index (χ3v) is 2.62.